The molecule has 1 N–H and O–H groups in total. The van der Waals surface area contributed by atoms with Gasteiger partial charge in [0, 0.05) is 12.7 Å². The Morgan fingerprint density at radius 1 is 0.833 bits per heavy atom. The summed E-state index contributed by atoms with van der Waals surface area (Å²) < 4.78 is 5.59. The number of likely N-dealkylation sites (N-methyl/N-ethyl adjacent to an activating group) is 1. The lowest BCUT2D eigenvalue weighted by molar-refractivity contribution is -0.135. The van der Waals surface area contributed by atoms with Crippen LogP contribution in [0.15, 0.2) is 72.8 Å². The van der Waals surface area contributed by atoms with Crippen molar-refractivity contribution in [2.24, 2.45) is 0 Å². The van der Waals surface area contributed by atoms with Crippen LogP contribution in [0.25, 0.3) is 11.1 Å². The zero-order chi connectivity index (χ0) is 21.5. The highest BCUT2D eigenvalue weighted by atomic mass is 16.5. The van der Waals surface area contributed by atoms with Crippen LogP contribution < -0.4 is 10.1 Å². The molecule has 2 amide bonds. The number of rotatable bonds is 7. The Hall–Kier alpha value is -3.60. The fourth-order valence-corrected chi connectivity index (χ4v) is 3.12. The number of aryl methyl sites for hydroxylation is 2. The van der Waals surface area contributed by atoms with Gasteiger partial charge in [0.05, 0.1) is 6.54 Å². The molecular weight excluding hydrogens is 376 g/mol. The molecule has 0 saturated heterocycles. The van der Waals surface area contributed by atoms with E-state index in [1.165, 1.54) is 4.90 Å². The van der Waals surface area contributed by atoms with Gasteiger partial charge >= 0.3 is 0 Å². The van der Waals surface area contributed by atoms with Crippen molar-refractivity contribution in [1.29, 1.82) is 0 Å². The Morgan fingerprint density at radius 3 is 2.07 bits per heavy atom. The predicted molar refractivity (Wildman–Crippen MR) is 120 cm³/mol. The van der Waals surface area contributed by atoms with Gasteiger partial charge in [-0.3, -0.25) is 9.59 Å². The standard InChI is InChI=1S/C25H26N2O3/c1-18-8-7-9-19(2)25(18)26-23(28)16-27(3)24(29)17-30-22-14-12-21(13-15-22)20-10-5-4-6-11-20/h4-15H,16-17H2,1-3H3,(H,26,28). The summed E-state index contributed by atoms with van der Waals surface area (Å²) >= 11 is 0. The van der Waals surface area contributed by atoms with Crippen molar-refractivity contribution in [1.82, 2.24) is 4.90 Å². The van der Waals surface area contributed by atoms with Crippen molar-refractivity contribution in [3.8, 4) is 16.9 Å². The minimum Gasteiger partial charge on any atom is -0.484 e. The van der Waals surface area contributed by atoms with E-state index in [1.807, 2.05) is 86.6 Å². The van der Waals surface area contributed by atoms with E-state index in [0.29, 0.717) is 5.75 Å². The van der Waals surface area contributed by atoms with Crippen molar-refractivity contribution in [2.45, 2.75) is 13.8 Å². The van der Waals surface area contributed by atoms with E-state index in [4.69, 9.17) is 4.74 Å². The minimum absolute atomic E-state index is 0.0388. The first-order chi connectivity index (χ1) is 14.4. The van der Waals surface area contributed by atoms with Gasteiger partial charge in [0.15, 0.2) is 6.61 Å². The molecule has 0 bridgehead atoms. The van der Waals surface area contributed by atoms with Crippen molar-refractivity contribution in [2.75, 3.05) is 25.5 Å². The highest BCUT2D eigenvalue weighted by molar-refractivity contribution is 5.95. The third kappa shape index (κ3) is 5.47. The normalized spacial score (nSPS) is 10.4. The van der Waals surface area contributed by atoms with Gasteiger partial charge in [-0.25, -0.2) is 0 Å². The van der Waals surface area contributed by atoms with E-state index in [1.54, 1.807) is 7.05 Å². The molecule has 3 aromatic rings. The van der Waals surface area contributed by atoms with Gasteiger partial charge in [-0.2, -0.15) is 0 Å². The van der Waals surface area contributed by atoms with Gasteiger partial charge in [0.2, 0.25) is 5.91 Å². The highest BCUT2D eigenvalue weighted by Gasteiger charge is 2.15. The van der Waals surface area contributed by atoms with E-state index in [2.05, 4.69) is 5.32 Å². The van der Waals surface area contributed by atoms with Gasteiger partial charge in [0.1, 0.15) is 5.75 Å². The van der Waals surface area contributed by atoms with E-state index in [9.17, 15) is 9.59 Å². The molecule has 0 fully saturated rings. The minimum atomic E-state index is -0.265. The van der Waals surface area contributed by atoms with Crippen molar-refractivity contribution in [3.63, 3.8) is 0 Å². The summed E-state index contributed by atoms with van der Waals surface area (Å²) in [4.78, 5) is 26.0. The van der Waals surface area contributed by atoms with Crippen molar-refractivity contribution < 1.29 is 14.3 Å². The summed E-state index contributed by atoms with van der Waals surface area (Å²) in [5.41, 5.74) is 4.96. The molecule has 0 aliphatic rings. The number of hydrogen-bond acceptors (Lipinski definition) is 3. The smallest absolute Gasteiger partial charge is 0.260 e. The molecule has 5 heteroatoms. The molecule has 30 heavy (non-hydrogen) atoms. The summed E-state index contributed by atoms with van der Waals surface area (Å²) in [6, 6.07) is 23.4. The van der Waals surface area contributed by atoms with Crippen LogP contribution in [0.4, 0.5) is 5.69 Å². The second-order valence-electron chi connectivity index (χ2n) is 7.24. The first-order valence-corrected chi connectivity index (χ1v) is 9.82. The Morgan fingerprint density at radius 2 is 1.43 bits per heavy atom. The second-order valence-corrected chi connectivity index (χ2v) is 7.24. The molecule has 5 nitrogen and oxygen atoms in total. The Labute approximate surface area is 177 Å². The molecule has 0 aromatic heterocycles. The maximum atomic E-state index is 12.3. The third-order valence-corrected chi connectivity index (χ3v) is 4.88. The third-order valence-electron chi connectivity index (χ3n) is 4.88. The highest BCUT2D eigenvalue weighted by Crippen LogP contribution is 2.22. The number of hydrogen-bond donors (Lipinski definition) is 1. The number of anilines is 1. The van der Waals surface area contributed by atoms with Gasteiger partial charge in [-0.15, -0.1) is 0 Å². The van der Waals surface area contributed by atoms with Gasteiger partial charge in [0.25, 0.3) is 5.91 Å². The van der Waals surface area contributed by atoms with E-state index in [0.717, 1.165) is 27.9 Å². The van der Waals surface area contributed by atoms with Gasteiger partial charge in [-0.05, 0) is 48.2 Å². The van der Waals surface area contributed by atoms with Crippen LogP contribution in [-0.4, -0.2) is 36.9 Å². The van der Waals surface area contributed by atoms with Crippen LogP contribution in [0.2, 0.25) is 0 Å². The first kappa shape index (κ1) is 21.1. The van der Waals surface area contributed by atoms with E-state index in [-0.39, 0.29) is 25.0 Å². The summed E-state index contributed by atoms with van der Waals surface area (Å²) in [7, 11) is 1.59. The number of nitrogens with one attached hydrogen (secondary N) is 1. The molecule has 0 radical (unpaired) electrons. The Kier molecular flexibility index (Phi) is 6.86. The number of carbonyl (C=O) groups is 2. The lowest BCUT2D eigenvalue weighted by Crippen LogP contribution is -2.37. The average Bonchev–Trinajstić information content (AvgIpc) is 2.75. The van der Waals surface area contributed by atoms with Crippen LogP contribution in [0.5, 0.6) is 5.75 Å². The summed E-state index contributed by atoms with van der Waals surface area (Å²) in [5.74, 6) is 0.102. The number of carbonyl (C=O) groups excluding carboxylic acids is 2. The molecule has 3 aromatic carbocycles. The SMILES string of the molecule is Cc1cccc(C)c1NC(=O)CN(C)C(=O)COc1ccc(-c2ccccc2)cc1. The number of benzene rings is 3. The first-order valence-electron chi connectivity index (χ1n) is 9.82. The molecule has 0 unspecified atom stereocenters. The molecule has 0 heterocycles. The maximum absolute atomic E-state index is 12.3. The van der Waals surface area contributed by atoms with Gasteiger partial charge in [-0.1, -0.05) is 60.7 Å². The Balaban J connectivity index is 1.50. The molecule has 3 rings (SSSR count). The second kappa shape index (κ2) is 9.74. The molecule has 0 aliphatic heterocycles. The van der Waals surface area contributed by atoms with Crippen LogP contribution in [0.1, 0.15) is 11.1 Å². The molecule has 0 spiro atoms. The molecule has 0 atom stereocenters. The molecular formula is C25H26N2O3. The van der Waals surface area contributed by atoms with Crippen molar-refractivity contribution in [3.05, 3.63) is 83.9 Å². The van der Waals surface area contributed by atoms with Crippen molar-refractivity contribution >= 4 is 17.5 Å². The molecule has 154 valence electrons. The van der Waals surface area contributed by atoms with Gasteiger partial charge < -0.3 is 15.0 Å². The zero-order valence-corrected chi connectivity index (χ0v) is 17.5. The van der Waals surface area contributed by atoms with Crippen LogP contribution in [-0.2, 0) is 9.59 Å². The number of nitrogens with zero attached hydrogens (tertiary/aromatic N) is 1. The quantitative estimate of drug-likeness (QED) is 0.635. The molecule has 0 saturated carbocycles. The van der Waals surface area contributed by atoms with Crippen LogP contribution in [0, 0.1) is 13.8 Å². The lowest BCUT2D eigenvalue weighted by atomic mass is 10.1. The summed E-state index contributed by atoms with van der Waals surface area (Å²) in [5, 5.41) is 2.89. The fourth-order valence-electron chi connectivity index (χ4n) is 3.12. The zero-order valence-electron chi connectivity index (χ0n) is 17.5. The number of para-hydroxylation sites is 1. The Bertz CT molecular complexity index is 994. The van der Waals surface area contributed by atoms with E-state index >= 15 is 0 Å². The molecule has 0 aliphatic carbocycles. The van der Waals surface area contributed by atoms with Crippen LogP contribution >= 0.6 is 0 Å². The lowest BCUT2D eigenvalue weighted by Gasteiger charge is -2.18. The fraction of sp³-hybridized carbons (Fsp3) is 0.200. The van der Waals surface area contributed by atoms with Crippen LogP contribution in [0.3, 0.4) is 0 Å². The number of ether oxygens (including phenoxy) is 1. The largest absolute Gasteiger partial charge is 0.484 e. The summed E-state index contributed by atoms with van der Waals surface area (Å²) in [6.45, 7) is 3.71. The van der Waals surface area contributed by atoms with E-state index < -0.39 is 0 Å². The summed E-state index contributed by atoms with van der Waals surface area (Å²) in [6.07, 6.45) is 0. The number of amides is 2. The maximum Gasteiger partial charge on any atom is 0.260 e. The average molecular weight is 402 g/mol. The monoisotopic (exact) mass is 402 g/mol. The predicted octanol–water partition coefficient (Wildman–Crippen LogP) is 4.45. The topological polar surface area (TPSA) is 58.6 Å².